The number of anilines is 1. The Morgan fingerprint density at radius 3 is 2.52 bits per heavy atom. The fraction of sp³-hybridized carbons (Fsp3) is 0.375. The Labute approximate surface area is 152 Å². The third kappa shape index (κ3) is 6.70. The van der Waals surface area contributed by atoms with Crippen LogP contribution in [0.4, 0.5) is 18.9 Å². The highest BCUT2D eigenvalue weighted by Gasteiger charge is 2.38. The van der Waals surface area contributed by atoms with Gasteiger partial charge in [-0.15, -0.1) is 0 Å². The summed E-state index contributed by atoms with van der Waals surface area (Å²) in [5, 5.41) is 21.5. The Morgan fingerprint density at radius 1 is 1.30 bits per heavy atom. The number of benzene rings is 1. The van der Waals surface area contributed by atoms with E-state index in [1.165, 1.54) is 4.80 Å². The lowest BCUT2D eigenvalue weighted by atomic mass is 10.1. The van der Waals surface area contributed by atoms with Crippen molar-refractivity contribution < 1.29 is 27.9 Å². The fourth-order valence-corrected chi connectivity index (χ4v) is 2.42. The number of carboxylic acids is 1. The molecular weight excluding hydrogens is 367 g/mol. The predicted octanol–water partition coefficient (Wildman–Crippen LogP) is 1.98. The highest BCUT2D eigenvalue weighted by Crippen LogP contribution is 2.15. The van der Waals surface area contributed by atoms with Crippen molar-refractivity contribution in [2.75, 3.05) is 11.9 Å². The van der Waals surface area contributed by atoms with E-state index in [-0.39, 0.29) is 5.91 Å². The maximum absolute atomic E-state index is 12.0. The number of amides is 1. The van der Waals surface area contributed by atoms with Gasteiger partial charge in [-0.25, -0.2) is 4.79 Å². The first-order valence-electron chi connectivity index (χ1n) is 8.06. The molecule has 8 nitrogen and oxygen atoms in total. The number of aliphatic carboxylic acids is 1. The van der Waals surface area contributed by atoms with E-state index >= 15 is 0 Å². The van der Waals surface area contributed by atoms with Crippen LogP contribution in [0.5, 0.6) is 0 Å². The number of rotatable bonds is 4. The second-order valence-corrected chi connectivity index (χ2v) is 5.72. The van der Waals surface area contributed by atoms with Gasteiger partial charge in [-0.05, 0) is 37.6 Å². The molecule has 3 N–H and O–H groups in total. The fourth-order valence-electron chi connectivity index (χ4n) is 2.42. The Bertz CT molecular complexity index is 759. The highest BCUT2D eigenvalue weighted by molar-refractivity contribution is 5.91. The molecule has 1 aliphatic heterocycles. The quantitative estimate of drug-likeness (QED) is 0.743. The molecule has 1 saturated heterocycles. The highest BCUT2D eigenvalue weighted by atomic mass is 19.4. The summed E-state index contributed by atoms with van der Waals surface area (Å²) in [6.07, 6.45) is 0.904. The zero-order valence-corrected chi connectivity index (χ0v) is 14.1. The van der Waals surface area contributed by atoms with Crippen molar-refractivity contribution in [2.24, 2.45) is 0 Å². The minimum Gasteiger partial charge on any atom is -0.475 e. The summed E-state index contributed by atoms with van der Waals surface area (Å²) < 4.78 is 31.7. The number of hydrogen-bond donors (Lipinski definition) is 3. The monoisotopic (exact) mass is 385 g/mol. The smallest absolute Gasteiger partial charge is 0.475 e. The van der Waals surface area contributed by atoms with E-state index < -0.39 is 12.1 Å². The molecule has 0 radical (unpaired) electrons. The van der Waals surface area contributed by atoms with Crippen molar-refractivity contribution in [1.82, 2.24) is 20.3 Å². The van der Waals surface area contributed by atoms with Crippen molar-refractivity contribution >= 4 is 17.6 Å². The van der Waals surface area contributed by atoms with E-state index in [0.29, 0.717) is 12.5 Å². The zero-order chi connectivity index (χ0) is 19.9. The third-order valence-corrected chi connectivity index (χ3v) is 3.62. The first-order chi connectivity index (χ1) is 12.8. The number of aromatic nitrogens is 3. The maximum atomic E-state index is 12.0. The topological polar surface area (TPSA) is 109 Å². The molecule has 0 unspecified atom stereocenters. The normalized spacial score (nSPS) is 16.3. The van der Waals surface area contributed by atoms with Crippen LogP contribution in [0.2, 0.25) is 0 Å². The second kappa shape index (κ2) is 9.12. The van der Waals surface area contributed by atoms with Crippen molar-refractivity contribution in [3.05, 3.63) is 36.7 Å². The number of alkyl halides is 3. The summed E-state index contributed by atoms with van der Waals surface area (Å²) in [6, 6.07) is 7.81. The van der Waals surface area contributed by atoms with E-state index in [0.717, 1.165) is 30.8 Å². The SMILES string of the molecule is O=C(C[C@H]1CCCN1)Nc1cccc(-n2nccn2)c1.O=C(O)C(F)(F)F. The zero-order valence-electron chi connectivity index (χ0n) is 14.1. The molecule has 1 aromatic heterocycles. The van der Waals surface area contributed by atoms with Gasteiger partial charge >= 0.3 is 12.1 Å². The van der Waals surface area contributed by atoms with Crippen molar-refractivity contribution in [1.29, 1.82) is 0 Å². The van der Waals surface area contributed by atoms with Gasteiger partial charge in [-0.1, -0.05) is 6.07 Å². The van der Waals surface area contributed by atoms with E-state index in [9.17, 15) is 18.0 Å². The van der Waals surface area contributed by atoms with E-state index in [1.54, 1.807) is 12.4 Å². The van der Waals surface area contributed by atoms with Gasteiger partial charge in [0.1, 0.15) is 0 Å². The number of nitrogens with zero attached hydrogens (tertiary/aromatic N) is 3. The van der Waals surface area contributed by atoms with Gasteiger partial charge in [0.15, 0.2) is 0 Å². The molecule has 2 heterocycles. The number of carboxylic acid groups (broad SMARTS) is 1. The minimum atomic E-state index is -5.08. The largest absolute Gasteiger partial charge is 0.490 e. The molecule has 0 saturated carbocycles. The number of nitrogens with one attached hydrogen (secondary N) is 2. The van der Waals surface area contributed by atoms with Crippen LogP contribution in [0.25, 0.3) is 5.69 Å². The van der Waals surface area contributed by atoms with Crippen LogP contribution in [0, 0.1) is 0 Å². The Balaban J connectivity index is 0.000000321. The molecule has 0 aliphatic carbocycles. The average Bonchev–Trinajstić information content (AvgIpc) is 3.28. The molecule has 1 aliphatic rings. The van der Waals surface area contributed by atoms with Gasteiger partial charge < -0.3 is 15.7 Å². The summed E-state index contributed by atoms with van der Waals surface area (Å²) in [7, 11) is 0. The lowest BCUT2D eigenvalue weighted by Crippen LogP contribution is -2.27. The summed E-state index contributed by atoms with van der Waals surface area (Å²) in [4.78, 5) is 22.4. The molecule has 3 rings (SSSR count). The molecule has 0 bridgehead atoms. The standard InChI is InChI=1S/C14H17N5O.C2HF3O2/c20-14(10-11-4-2-6-15-11)18-12-3-1-5-13(9-12)19-16-7-8-17-19;3-2(4,5)1(6)7/h1,3,5,7-9,11,15H,2,4,6,10H2,(H,18,20);(H,6,7)/t11-;/m1./s1. The number of hydrogen-bond acceptors (Lipinski definition) is 5. The van der Waals surface area contributed by atoms with Crippen molar-refractivity contribution in [2.45, 2.75) is 31.5 Å². The summed E-state index contributed by atoms with van der Waals surface area (Å²) in [5.74, 6) is -2.72. The van der Waals surface area contributed by atoms with Crippen LogP contribution in [0.15, 0.2) is 36.7 Å². The Kier molecular flexibility index (Phi) is 6.88. The first kappa shape index (κ1) is 20.4. The van der Waals surface area contributed by atoms with Gasteiger partial charge in [0.25, 0.3) is 0 Å². The van der Waals surface area contributed by atoms with Crippen molar-refractivity contribution in [3.8, 4) is 5.69 Å². The van der Waals surface area contributed by atoms with Gasteiger partial charge in [-0.3, -0.25) is 4.79 Å². The summed E-state index contributed by atoms with van der Waals surface area (Å²) in [5.41, 5.74) is 1.59. The van der Waals surface area contributed by atoms with Crippen LogP contribution in [0.3, 0.4) is 0 Å². The molecule has 1 fully saturated rings. The van der Waals surface area contributed by atoms with Gasteiger partial charge in [0.05, 0.1) is 18.1 Å². The van der Waals surface area contributed by atoms with E-state index in [4.69, 9.17) is 9.90 Å². The number of carbonyl (C=O) groups is 2. The van der Waals surface area contributed by atoms with Gasteiger partial charge in [0, 0.05) is 18.2 Å². The minimum absolute atomic E-state index is 0.0370. The molecule has 2 aromatic rings. The Hall–Kier alpha value is -2.95. The molecule has 1 aromatic carbocycles. The first-order valence-corrected chi connectivity index (χ1v) is 8.06. The average molecular weight is 385 g/mol. The lowest BCUT2D eigenvalue weighted by Gasteiger charge is -2.11. The second-order valence-electron chi connectivity index (χ2n) is 5.72. The van der Waals surface area contributed by atoms with E-state index in [1.807, 2.05) is 24.3 Å². The molecule has 11 heteroatoms. The molecular formula is C16H18F3N5O3. The molecule has 146 valence electrons. The van der Waals surface area contributed by atoms with Crippen LogP contribution in [-0.4, -0.2) is 50.7 Å². The summed E-state index contributed by atoms with van der Waals surface area (Å²) >= 11 is 0. The molecule has 27 heavy (non-hydrogen) atoms. The van der Waals surface area contributed by atoms with Gasteiger partial charge in [-0.2, -0.15) is 28.2 Å². The molecule has 1 amide bonds. The number of carbonyl (C=O) groups excluding carboxylic acids is 1. The van der Waals surface area contributed by atoms with Crippen molar-refractivity contribution in [3.63, 3.8) is 0 Å². The van der Waals surface area contributed by atoms with E-state index in [2.05, 4.69) is 20.8 Å². The summed E-state index contributed by atoms with van der Waals surface area (Å²) in [6.45, 7) is 1.01. The van der Waals surface area contributed by atoms with Crippen LogP contribution < -0.4 is 10.6 Å². The Morgan fingerprint density at radius 2 is 1.96 bits per heavy atom. The lowest BCUT2D eigenvalue weighted by molar-refractivity contribution is -0.192. The third-order valence-electron chi connectivity index (χ3n) is 3.62. The number of halogens is 3. The molecule has 0 spiro atoms. The van der Waals surface area contributed by atoms with Crippen LogP contribution >= 0.6 is 0 Å². The van der Waals surface area contributed by atoms with Crippen LogP contribution in [0.1, 0.15) is 19.3 Å². The van der Waals surface area contributed by atoms with Gasteiger partial charge in [0.2, 0.25) is 5.91 Å². The molecule has 1 atom stereocenters. The predicted molar refractivity (Wildman–Crippen MR) is 89.3 cm³/mol. The van der Waals surface area contributed by atoms with Crippen LogP contribution in [-0.2, 0) is 9.59 Å². The maximum Gasteiger partial charge on any atom is 0.490 e.